The minimum Gasteiger partial charge on any atom is -0.444 e. The van der Waals surface area contributed by atoms with Crippen LogP contribution in [0.15, 0.2) is 0 Å². The summed E-state index contributed by atoms with van der Waals surface area (Å²) in [6.07, 6.45) is 1.21. The van der Waals surface area contributed by atoms with Crippen molar-refractivity contribution in [2.45, 2.75) is 51.2 Å². The van der Waals surface area contributed by atoms with E-state index in [9.17, 15) is 14.4 Å². The molecule has 0 aromatic rings. The van der Waals surface area contributed by atoms with E-state index in [-0.39, 0.29) is 12.0 Å². The third kappa shape index (κ3) is 3.02. The molecule has 0 aromatic heterocycles. The summed E-state index contributed by atoms with van der Waals surface area (Å²) in [5.74, 6) is -0.298. The molecule has 2 aliphatic heterocycles. The number of hydrogen-bond donors (Lipinski definition) is 2. The number of carbonyl (C=O) groups is 3. The Bertz CT molecular complexity index is 443. The highest BCUT2D eigenvalue weighted by Crippen LogP contribution is 2.26. The Hall–Kier alpha value is -1.79. The lowest BCUT2D eigenvalue weighted by atomic mass is 9.91. The van der Waals surface area contributed by atoms with Crippen LogP contribution < -0.4 is 10.6 Å². The second kappa shape index (κ2) is 4.96. The molecule has 2 fully saturated rings. The van der Waals surface area contributed by atoms with Gasteiger partial charge >= 0.3 is 12.1 Å². The molecular formula is C13H21N3O4. The van der Waals surface area contributed by atoms with Gasteiger partial charge in [0.25, 0.3) is 5.91 Å². The van der Waals surface area contributed by atoms with Gasteiger partial charge in [-0.1, -0.05) is 0 Å². The van der Waals surface area contributed by atoms with E-state index in [0.29, 0.717) is 32.4 Å². The Kier molecular flexibility index (Phi) is 3.62. The maximum atomic E-state index is 12.0. The molecule has 0 saturated carbocycles. The molecule has 0 radical (unpaired) electrons. The van der Waals surface area contributed by atoms with Crippen LogP contribution in [0.2, 0.25) is 0 Å². The molecule has 20 heavy (non-hydrogen) atoms. The summed E-state index contributed by atoms with van der Waals surface area (Å²) >= 11 is 0. The van der Waals surface area contributed by atoms with E-state index < -0.39 is 17.2 Å². The average molecular weight is 283 g/mol. The summed E-state index contributed by atoms with van der Waals surface area (Å²) in [5, 5.41) is 4.95. The SMILES string of the molecule is CC(C)(C)OC(=O)N1CCC[C@@]2(CC1)NC(=O)NC2=O. The topological polar surface area (TPSA) is 87.7 Å². The number of nitrogens with one attached hydrogen (secondary N) is 2. The van der Waals surface area contributed by atoms with Gasteiger partial charge in [0.05, 0.1) is 0 Å². The lowest BCUT2D eigenvalue weighted by Crippen LogP contribution is -2.47. The zero-order valence-electron chi connectivity index (χ0n) is 12.1. The van der Waals surface area contributed by atoms with Gasteiger partial charge < -0.3 is 15.0 Å². The molecule has 2 aliphatic rings. The summed E-state index contributed by atoms with van der Waals surface area (Å²) in [6, 6.07) is -0.458. The predicted molar refractivity (Wildman–Crippen MR) is 71.1 cm³/mol. The number of carbonyl (C=O) groups excluding carboxylic acids is 3. The Labute approximate surface area is 118 Å². The van der Waals surface area contributed by atoms with Gasteiger partial charge in [0, 0.05) is 13.1 Å². The molecule has 1 atom stereocenters. The summed E-state index contributed by atoms with van der Waals surface area (Å²) < 4.78 is 5.33. The van der Waals surface area contributed by atoms with Gasteiger partial charge in [-0.2, -0.15) is 0 Å². The van der Waals surface area contributed by atoms with Crippen LogP contribution in [-0.4, -0.2) is 47.2 Å². The number of urea groups is 1. The maximum Gasteiger partial charge on any atom is 0.410 e. The Balaban J connectivity index is 2.01. The first-order chi connectivity index (χ1) is 9.22. The van der Waals surface area contributed by atoms with Gasteiger partial charge in [0.2, 0.25) is 0 Å². The van der Waals surface area contributed by atoms with Crippen molar-refractivity contribution < 1.29 is 19.1 Å². The van der Waals surface area contributed by atoms with Crippen molar-refractivity contribution in [2.75, 3.05) is 13.1 Å². The van der Waals surface area contributed by atoms with Gasteiger partial charge in [-0.15, -0.1) is 0 Å². The summed E-state index contributed by atoms with van der Waals surface area (Å²) in [7, 11) is 0. The molecule has 7 nitrogen and oxygen atoms in total. The lowest BCUT2D eigenvalue weighted by Gasteiger charge is -2.27. The highest BCUT2D eigenvalue weighted by Gasteiger charge is 2.47. The first kappa shape index (κ1) is 14.6. The normalized spacial score (nSPS) is 27.1. The zero-order chi connectivity index (χ0) is 15.0. The molecule has 0 unspecified atom stereocenters. The van der Waals surface area contributed by atoms with Crippen LogP contribution in [0.1, 0.15) is 40.0 Å². The summed E-state index contributed by atoms with van der Waals surface area (Å²) in [4.78, 5) is 36.8. The van der Waals surface area contributed by atoms with Crippen LogP contribution >= 0.6 is 0 Å². The van der Waals surface area contributed by atoms with E-state index >= 15 is 0 Å². The first-order valence-electron chi connectivity index (χ1n) is 6.83. The summed E-state index contributed by atoms with van der Waals surface area (Å²) in [5.41, 5.74) is -1.41. The number of nitrogens with zero attached hydrogens (tertiary/aromatic N) is 1. The van der Waals surface area contributed by atoms with Crippen molar-refractivity contribution in [3.05, 3.63) is 0 Å². The molecule has 112 valence electrons. The number of ether oxygens (including phenoxy) is 1. The van der Waals surface area contributed by atoms with Crippen molar-refractivity contribution in [1.29, 1.82) is 0 Å². The standard InChI is InChI=1S/C13H21N3O4/c1-12(2,3)20-11(19)16-7-4-5-13(6-8-16)9(17)14-10(18)15-13/h4-8H2,1-3H3,(H2,14,15,17,18)/t13-/m0/s1. The second-order valence-electron chi connectivity index (χ2n) is 6.31. The molecule has 7 heteroatoms. The third-order valence-electron chi connectivity index (χ3n) is 3.51. The van der Waals surface area contributed by atoms with Crippen LogP contribution in [0, 0.1) is 0 Å². The molecule has 0 aliphatic carbocycles. The molecule has 2 saturated heterocycles. The first-order valence-corrected chi connectivity index (χ1v) is 6.83. The fourth-order valence-electron chi connectivity index (χ4n) is 2.52. The Morgan fingerprint density at radius 2 is 1.95 bits per heavy atom. The number of amides is 4. The van der Waals surface area contributed by atoms with Gasteiger partial charge in [0.1, 0.15) is 11.1 Å². The van der Waals surface area contributed by atoms with Gasteiger partial charge in [-0.3, -0.25) is 10.1 Å². The van der Waals surface area contributed by atoms with Crippen molar-refractivity contribution in [3.8, 4) is 0 Å². The average Bonchev–Trinajstić information content (AvgIpc) is 2.48. The quantitative estimate of drug-likeness (QED) is 0.649. The Morgan fingerprint density at radius 1 is 1.25 bits per heavy atom. The molecule has 0 bridgehead atoms. The fraction of sp³-hybridized carbons (Fsp3) is 0.769. The van der Waals surface area contributed by atoms with Crippen LogP contribution in [0.5, 0.6) is 0 Å². The maximum absolute atomic E-state index is 12.0. The van der Waals surface area contributed by atoms with E-state index in [0.717, 1.165) is 0 Å². The third-order valence-corrected chi connectivity index (χ3v) is 3.51. The minimum atomic E-state index is -0.867. The van der Waals surface area contributed by atoms with E-state index in [4.69, 9.17) is 4.74 Å². The fourth-order valence-corrected chi connectivity index (χ4v) is 2.52. The van der Waals surface area contributed by atoms with Gasteiger partial charge in [0.15, 0.2) is 0 Å². The minimum absolute atomic E-state index is 0.298. The van der Waals surface area contributed by atoms with Crippen molar-refractivity contribution in [3.63, 3.8) is 0 Å². The predicted octanol–water partition coefficient (Wildman–Crippen LogP) is 0.986. The second-order valence-corrected chi connectivity index (χ2v) is 6.31. The van der Waals surface area contributed by atoms with Gasteiger partial charge in [-0.25, -0.2) is 9.59 Å². The number of hydrogen-bond acceptors (Lipinski definition) is 4. The van der Waals surface area contributed by atoms with Gasteiger partial charge in [-0.05, 0) is 40.0 Å². The molecule has 4 amide bonds. The number of imide groups is 1. The largest absolute Gasteiger partial charge is 0.444 e. The Morgan fingerprint density at radius 3 is 2.50 bits per heavy atom. The monoisotopic (exact) mass is 283 g/mol. The smallest absolute Gasteiger partial charge is 0.410 e. The molecular weight excluding hydrogens is 262 g/mol. The zero-order valence-corrected chi connectivity index (χ0v) is 12.1. The van der Waals surface area contributed by atoms with Crippen molar-refractivity contribution >= 4 is 18.0 Å². The molecule has 2 N–H and O–H groups in total. The molecule has 2 rings (SSSR count). The van der Waals surface area contributed by atoms with Crippen LogP contribution in [0.25, 0.3) is 0 Å². The van der Waals surface area contributed by atoms with E-state index in [1.54, 1.807) is 4.90 Å². The molecule has 2 heterocycles. The number of rotatable bonds is 0. The van der Waals surface area contributed by atoms with Crippen LogP contribution in [0.4, 0.5) is 9.59 Å². The molecule has 1 spiro atoms. The molecule has 0 aromatic carbocycles. The number of likely N-dealkylation sites (tertiary alicyclic amines) is 1. The van der Waals surface area contributed by atoms with E-state index in [1.165, 1.54) is 0 Å². The van der Waals surface area contributed by atoms with Crippen molar-refractivity contribution in [2.24, 2.45) is 0 Å². The van der Waals surface area contributed by atoms with E-state index in [2.05, 4.69) is 10.6 Å². The summed E-state index contributed by atoms with van der Waals surface area (Å²) in [6.45, 7) is 6.36. The van der Waals surface area contributed by atoms with Crippen molar-refractivity contribution in [1.82, 2.24) is 15.5 Å². The highest BCUT2D eigenvalue weighted by atomic mass is 16.6. The lowest BCUT2D eigenvalue weighted by molar-refractivity contribution is -0.124. The van der Waals surface area contributed by atoms with Crippen LogP contribution in [-0.2, 0) is 9.53 Å². The van der Waals surface area contributed by atoms with Crippen LogP contribution in [0.3, 0.4) is 0 Å². The highest BCUT2D eigenvalue weighted by molar-refractivity contribution is 6.07. The van der Waals surface area contributed by atoms with E-state index in [1.807, 2.05) is 20.8 Å².